The molecule has 0 fully saturated rings. The van der Waals surface area contributed by atoms with E-state index >= 15 is 0 Å². The summed E-state index contributed by atoms with van der Waals surface area (Å²) in [6, 6.07) is 23.0. The highest BCUT2D eigenvalue weighted by molar-refractivity contribution is 6.31. The minimum Gasteiger partial charge on any atom is -0.337 e. The third kappa shape index (κ3) is 5.11. The molecule has 0 atom stereocenters. The Bertz CT molecular complexity index is 959. The van der Waals surface area contributed by atoms with Crippen molar-refractivity contribution in [2.24, 2.45) is 0 Å². The van der Waals surface area contributed by atoms with Gasteiger partial charge in [-0.3, -0.25) is 4.79 Å². The Labute approximate surface area is 168 Å². The van der Waals surface area contributed by atoms with Crippen LogP contribution in [0.25, 0.3) is 0 Å². The third-order valence-electron chi connectivity index (χ3n) is 4.13. The lowest BCUT2D eigenvalue weighted by Gasteiger charge is -2.18. The Morgan fingerprint density at radius 1 is 0.821 bits per heavy atom. The molecule has 0 unspecified atom stereocenters. The molecule has 0 spiro atoms. The number of nitrogens with one attached hydrogen (secondary N) is 2. The predicted octanol–water partition coefficient (Wildman–Crippen LogP) is 5.26. The molecule has 3 aromatic rings. The van der Waals surface area contributed by atoms with Crippen molar-refractivity contribution < 1.29 is 9.59 Å². The first kappa shape index (κ1) is 19.5. The number of hydrogen-bond donors (Lipinski definition) is 2. The second kappa shape index (κ2) is 9.06. The van der Waals surface area contributed by atoms with Gasteiger partial charge >= 0.3 is 6.03 Å². The average molecular weight is 394 g/mol. The number of urea groups is 1. The van der Waals surface area contributed by atoms with E-state index in [0.29, 0.717) is 28.5 Å². The molecule has 0 saturated carbocycles. The number of nitrogens with zero attached hydrogens (tertiary/aromatic N) is 1. The predicted molar refractivity (Wildman–Crippen MR) is 113 cm³/mol. The summed E-state index contributed by atoms with van der Waals surface area (Å²) < 4.78 is 0. The third-order valence-corrected chi connectivity index (χ3v) is 4.50. The van der Waals surface area contributed by atoms with E-state index in [2.05, 4.69) is 10.6 Å². The van der Waals surface area contributed by atoms with Crippen LogP contribution in [0.1, 0.15) is 15.9 Å². The van der Waals surface area contributed by atoms with E-state index in [-0.39, 0.29) is 11.9 Å². The molecule has 3 aromatic carbocycles. The van der Waals surface area contributed by atoms with Gasteiger partial charge in [0.15, 0.2) is 0 Å². The normalized spacial score (nSPS) is 10.2. The quantitative estimate of drug-likeness (QED) is 0.621. The fourth-order valence-electron chi connectivity index (χ4n) is 2.69. The maximum atomic E-state index is 12.6. The van der Waals surface area contributed by atoms with Gasteiger partial charge in [0.2, 0.25) is 0 Å². The number of anilines is 2. The first-order valence-corrected chi connectivity index (χ1v) is 9.13. The Balaban J connectivity index is 1.59. The van der Waals surface area contributed by atoms with Crippen molar-refractivity contribution in [2.45, 2.75) is 6.54 Å². The van der Waals surface area contributed by atoms with Gasteiger partial charge in [0, 0.05) is 35.6 Å². The molecular formula is C22H20ClN3O2. The maximum Gasteiger partial charge on any atom is 0.323 e. The Morgan fingerprint density at radius 2 is 1.39 bits per heavy atom. The lowest BCUT2D eigenvalue weighted by atomic mass is 10.1. The van der Waals surface area contributed by atoms with Crippen LogP contribution in [0.3, 0.4) is 0 Å². The fraction of sp³-hybridized carbons (Fsp3) is 0.0909. The Kier molecular flexibility index (Phi) is 6.29. The van der Waals surface area contributed by atoms with Crippen LogP contribution in [0, 0.1) is 0 Å². The van der Waals surface area contributed by atoms with Crippen molar-refractivity contribution in [3.8, 4) is 0 Å². The highest BCUT2D eigenvalue weighted by Gasteiger charge is 2.13. The highest BCUT2D eigenvalue weighted by Crippen LogP contribution is 2.18. The molecule has 142 valence electrons. The minimum absolute atomic E-state index is 0.125. The molecule has 0 aliphatic carbocycles. The number of benzene rings is 3. The van der Waals surface area contributed by atoms with Crippen molar-refractivity contribution in [1.29, 1.82) is 0 Å². The van der Waals surface area contributed by atoms with E-state index in [1.54, 1.807) is 54.4 Å². The van der Waals surface area contributed by atoms with Gasteiger partial charge in [-0.05, 0) is 48.0 Å². The first-order chi connectivity index (χ1) is 13.5. The molecule has 0 bridgehead atoms. The number of halogens is 1. The molecule has 6 heteroatoms. The standard InChI is InChI=1S/C22H20ClN3O2/c1-26(15-17-7-5-6-10-20(17)23)21(27)16-11-13-19(14-12-16)25-22(28)24-18-8-3-2-4-9-18/h2-14H,15H2,1H3,(H2,24,25,28). The molecule has 0 aromatic heterocycles. The number of carbonyl (C=O) groups is 2. The maximum absolute atomic E-state index is 12.6. The number of carbonyl (C=O) groups excluding carboxylic acids is 2. The van der Waals surface area contributed by atoms with Gasteiger partial charge in [-0.1, -0.05) is 48.0 Å². The summed E-state index contributed by atoms with van der Waals surface area (Å²) in [5.41, 5.74) is 2.71. The van der Waals surface area contributed by atoms with E-state index in [4.69, 9.17) is 11.6 Å². The molecule has 0 heterocycles. The summed E-state index contributed by atoms with van der Waals surface area (Å²) in [6.45, 7) is 0.415. The lowest BCUT2D eigenvalue weighted by molar-refractivity contribution is 0.0785. The number of rotatable bonds is 5. The fourth-order valence-corrected chi connectivity index (χ4v) is 2.88. The van der Waals surface area contributed by atoms with E-state index in [1.807, 2.05) is 36.4 Å². The molecule has 5 nitrogen and oxygen atoms in total. The van der Waals surface area contributed by atoms with E-state index < -0.39 is 0 Å². The van der Waals surface area contributed by atoms with Crippen LogP contribution in [0.4, 0.5) is 16.2 Å². The van der Waals surface area contributed by atoms with E-state index in [1.165, 1.54) is 0 Å². The lowest BCUT2D eigenvalue weighted by Crippen LogP contribution is -2.26. The van der Waals surface area contributed by atoms with Crippen molar-refractivity contribution in [3.05, 3.63) is 95.0 Å². The monoisotopic (exact) mass is 393 g/mol. The zero-order valence-electron chi connectivity index (χ0n) is 15.4. The summed E-state index contributed by atoms with van der Waals surface area (Å²) in [5, 5.41) is 6.11. The molecule has 2 N–H and O–H groups in total. The Morgan fingerprint density at radius 3 is 2.04 bits per heavy atom. The summed E-state index contributed by atoms with van der Waals surface area (Å²) in [5.74, 6) is -0.125. The number of para-hydroxylation sites is 1. The van der Waals surface area contributed by atoms with Gasteiger partial charge in [-0.2, -0.15) is 0 Å². The summed E-state index contributed by atoms with van der Waals surface area (Å²) in [7, 11) is 1.73. The molecule has 0 aliphatic heterocycles. The first-order valence-electron chi connectivity index (χ1n) is 8.75. The van der Waals surface area contributed by atoms with Crippen LogP contribution in [0.15, 0.2) is 78.9 Å². The van der Waals surface area contributed by atoms with Gasteiger partial charge in [0.1, 0.15) is 0 Å². The van der Waals surface area contributed by atoms with Crippen molar-refractivity contribution in [2.75, 3.05) is 17.7 Å². The van der Waals surface area contributed by atoms with Gasteiger partial charge in [0.05, 0.1) is 0 Å². The van der Waals surface area contributed by atoms with Crippen LogP contribution >= 0.6 is 11.6 Å². The van der Waals surface area contributed by atoms with Crippen LogP contribution < -0.4 is 10.6 Å². The smallest absolute Gasteiger partial charge is 0.323 e. The highest BCUT2D eigenvalue weighted by atomic mass is 35.5. The van der Waals surface area contributed by atoms with Crippen LogP contribution in [-0.4, -0.2) is 23.9 Å². The molecule has 0 radical (unpaired) electrons. The molecule has 0 saturated heterocycles. The summed E-state index contributed by atoms with van der Waals surface area (Å²) in [6.07, 6.45) is 0. The number of hydrogen-bond acceptors (Lipinski definition) is 2. The van der Waals surface area contributed by atoms with Gasteiger partial charge in [-0.15, -0.1) is 0 Å². The topological polar surface area (TPSA) is 61.4 Å². The molecule has 28 heavy (non-hydrogen) atoms. The SMILES string of the molecule is CN(Cc1ccccc1Cl)C(=O)c1ccc(NC(=O)Nc2ccccc2)cc1. The van der Waals surface area contributed by atoms with Gasteiger partial charge in [-0.25, -0.2) is 4.79 Å². The van der Waals surface area contributed by atoms with Crippen LogP contribution in [-0.2, 0) is 6.54 Å². The molecule has 0 aliphatic rings. The van der Waals surface area contributed by atoms with Gasteiger partial charge < -0.3 is 15.5 Å². The van der Waals surface area contributed by atoms with Crippen LogP contribution in [0.5, 0.6) is 0 Å². The molecule has 3 amide bonds. The van der Waals surface area contributed by atoms with Crippen LogP contribution in [0.2, 0.25) is 5.02 Å². The Hall–Kier alpha value is -3.31. The summed E-state index contributed by atoms with van der Waals surface area (Å²) in [4.78, 5) is 26.3. The van der Waals surface area contributed by atoms with E-state index in [0.717, 1.165) is 5.56 Å². The second-order valence-corrected chi connectivity index (χ2v) is 6.68. The second-order valence-electron chi connectivity index (χ2n) is 6.28. The zero-order chi connectivity index (χ0) is 19.9. The summed E-state index contributed by atoms with van der Waals surface area (Å²) >= 11 is 6.16. The minimum atomic E-state index is -0.346. The molecular weight excluding hydrogens is 374 g/mol. The van der Waals surface area contributed by atoms with Crippen molar-refractivity contribution in [1.82, 2.24) is 4.90 Å². The van der Waals surface area contributed by atoms with E-state index in [9.17, 15) is 9.59 Å². The largest absolute Gasteiger partial charge is 0.337 e. The number of amides is 3. The van der Waals surface area contributed by atoms with Crippen molar-refractivity contribution >= 4 is 34.9 Å². The average Bonchev–Trinajstić information content (AvgIpc) is 2.70. The van der Waals surface area contributed by atoms with Crippen molar-refractivity contribution in [3.63, 3.8) is 0 Å². The van der Waals surface area contributed by atoms with Gasteiger partial charge in [0.25, 0.3) is 5.91 Å². The zero-order valence-corrected chi connectivity index (χ0v) is 16.1. The molecule has 3 rings (SSSR count).